The monoisotopic (exact) mass is 296 g/mol. The van der Waals surface area contributed by atoms with Crippen molar-refractivity contribution < 1.29 is 14.2 Å². The molecule has 0 fully saturated rings. The summed E-state index contributed by atoms with van der Waals surface area (Å²) in [6.45, 7) is 2.78. The average Bonchev–Trinajstić information content (AvgIpc) is 2.91. The van der Waals surface area contributed by atoms with Crippen LogP contribution in [-0.4, -0.2) is 39.7 Å². The molecule has 4 nitrogen and oxygen atoms in total. The van der Waals surface area contributed by atoms with Crippen LogP contribution in [0.5, 0.6) is 0 Å². The second kappa shape index (κ2) is 7.42. The molecule has 6 heteroatoms. The first-order valence-electron chi connectivity index (χ1n) is 6.38. The summed E-state index contributed by atoms with van der Waals surface area (Å²) < 4.78 is 20.2. The third-order valence-electron chi connectivity index (χ3n) is 2.61. The number of halogens is 1. The van der Waals surface area contributed by atoms with Gasteiger partial charge in [-0.25, -0.2) is 9.37 Å². The Balaban J connectivity index is 2.02. The van der Waals surface area contributed by atoms with Crippen LogP contribution in [0.25, 0.3) is 5.69 Å². The number of hydrogen-bond donors (Lipinski definition) is 1. The summed E-state index contributed by atoms with van der Waals surface area (Å²) in [4.78, 5) is 4.23. The summed E-state index contributed by atoms with van der Waals surface area (Å²) in [5, 5.41) is 10.5. The molecule has 1 aromatic carbocycles. The van der Waals surface area contributed by atoms with Gasteiger partial charge < -0.3 is 9.84 Å². The first-order valence-corrected chi connectivity index (χ1v) is 7.37. The molecule has 1 N–H and O–H groups in total. The van der Waals surface area contributed by atoms with E-state index in [1.807, 2.05) is 13.0 Å². The lowest BCUT2D eigenvalue weighted by molar-refractivity contribution is 0.0551. The Morgan fingerprint density at radius 3 is 3.10 bits per heavy atom. The zero-order chi connectivity index (χ0) is 14.4. The summed E-state index contributed by atoms with van der Waals surface area (Å²) in [5.41, 5.74) is 0.712. The predicted octanol–water partition coefficient (Wildman–Crippen LogP) is 2.50. The van der Waals surface area contributed by atoms with Gasteiger partial charge in [0.25, 0.3) is 0 Å². The highest BCUT2D eigenvalue weighted by molar-refractivity contribution is 7.99. The summed E-state index contributed by atoms with van der Waals surface area (Å²) >= 11 is 1.41. The van der Waals surface area contributed by atoms with E-state index in [0.717, 1.165) is 0 Å². The van der Waals surface area contributed by atoms with Gasteiger partial charge in [-0.15, -0.1) is 0 Å². The fourth-order valence-electron chi connectivity index (χ4n) is 1.69. The van der Waals surface area contributed by atoms with Crippen molar-refractivity contribution in [3.8, 4) is 5.69 Å². The van der Waals surface area contributed by atoms with E-state index in [0.29, 0.717) is 29.8 Å². The van der Waals surface area contributed by atoms with Crippen LogP contribution in [0.2, 0.25) is 0 Å². The number of thioether (sulfide) groups is 1. The quantitative estimate of drug-likeness (QED) is 0.798. The highest BCUT2D eigenvalue weighted by atomic mass is 32.2. The van der Waals surface area contributed by atoms with Crippen LogP contribution in [0.4, 0.5) is 4.39 Å². The molecule has 0 spiro atoms. The summed E-state index contributed by atoms with van der Waals surface area (Å²) in [7, 11) is 0. The maximum absolute atomic E-state index is 13.2. The fraction of sp³-hybridized carbons (Fsp3) is 0.357. The van der Waals surface area contributed by atoms with Crippen LogP contribution < -0.4 is 0 Å². The van der Waals surface area contributed by atoms with E-state index in [1.54, 1.807) is 23.0 Å². The Kier molecular flexibility index (Phi) is 5.58. The second-order valence-electron chi connectivity index (χ2n) is 4.18. The lowest BCUT2D eigenvalue weighted by Gasteiger charge is -2.11. The smallest absolute Gasteiger partial charge is 0.172 e. The number of rotatable bonds is 7. The zero-order valence-corrected chi connectivity index (χ0v) is 12.0. The molecule has 0 aliphatic carbocycles. The number of aliphatic hydroxyl groups excluding tert-OH is 1. The standard InChI is InChI=1S/C14H17FN2O2S/c1-2-19-9-13(18)10-20-14-16-6-7-17(14)12-5-3-4-11(15)8-12/h3-8,13,18H,2,9-10H2,1H3. The van der Waals surface area contributed by atoms with Crippen molar-refractivity contribution in [2.45, 2.75) is 18.2 Å². The molecule has 108 valence electrons. The fourth-order valence-corrected chi connectivity index (χ4v) is 2.57. The van der Waals surface area contributed by atoms with Crippen molar-refractivity contribution in [3.63, 3.8) is 0 Å². The molecule has 0 aliphatic rings. The van der Waals surface area contributed by atoms with E-state index in [-0.39, 0.29) is 5.82 Å². The Bertz CT molecular complexity index is 547. The number of nitrogens with zero attached hydrogens (tertiary/aromatic N) is 2. The number of hydrogen-bond acceptors (Lipinski definition) is 4. The minimum atomic E-state index is -0.544. The van der Waals surface area contributed by atoms with Crippen LogP contribution in [0, 0.1) is 5.82 Å². The Labute approximate surface area is 121 Å². The largest absolute Gasteiger partial charge is 0.390 e. The molecular formula is C14H17FN2O2S. The Morgan fingerprint density at radius 2 is 2.35 bits per heavy atom. The number of imidazole rings is 1. The second-order valence-corrected chi connectivity index (χ2v) is 5.17. The van der Waals surface area contributed by atoms with E-state index < -0.39 is 6.10 Å². The van der Waals surface area contributed by atoms with Gasteiger partial charge in [0.1, 0.15) is 5.82 Å². The summed E-state index contributed by atoms with van der Waals surface area (Å²) in [6, 6.07) is 6.32. The van der Waals surface area contributed by atoms with Crippen LogP contribution in [0.15, 0.2) is 41.8 Å². The van der Waals surface area contributed by atoms with Gasteiger partial charge in [-0.3, -0.25) is 4.57 Å². The highest BCUT2D eigenvalue weighted by Crippen LogP contribution is 2.21. The summed E-state index contributed by atoms with van der Waals surface area (Å²) in [6.07, 6.45) is 2.88. The maximum Gasteiger partial charge on any atom is 0.172 e. The van der Waals surface area contributed by atoms with Crippen molar-refractivity contribution in [2.75, 3.05) is 19.0 Å². The molecule has 0 aliphatic heterocycles. The lowest BCUT2D eigenvalue weighted by atomic mass is 10.3. The van der Waals surface area contributed by atoms with Crippen molar-refractivity contribution in [1.29, 1.82) is 0 Å². The van der Waals surface area contributed by atoms with Gasteiger partial charge in [-0.05, 0) is 25.1 Å². The normalized spacial score (nSPS) is 12.6. The van der Waals surface area contributed by atoms with Gasteiger partial charge in [-0.1, -0.05) is 17.8 Å². The molecule has 0 amide bonds. The minimum Gasteiger partial charge on any atom is -0.390 e. The van der Waals surface area contributed by atoms with Crippen LogP contribution >= 0.6 is 11.8 Å². The van der Waals surface area contributed by atoms with Crippen molar-refractivity contribution in [1.82, 2.24) is 9.55 Å². The zero-order valence-electron chi connectivity index (χ0n) is 11.2. The minimum absolute atomic E-state index is 0.288. The number of aromatic nitrogens is 2. The first kappa shape index (κ1) is 15.0. The number of aliphatic hydroxyl groups is 1. The molecule has 1 atom stereocenters. The maximum atomic E-state index is 13.2. The van der Waals surface area contributed by atoms with Gasteiger partial charge >= 0.3 is 0 Å². The van der Waals surface area contributed by atoms with E-state index in [9.17, 15) is 9.50 Å². The van der Waals surface area contributed by atoms with Gasteiger partial charge in [-0.2, -0.15) is 0 Å². The lowest BCUT2D eigenvalue weighted by Crippen LogP contribution is -2.18. The molecule has 1 unspecified atom stereocenters. The Morgan fingerprint density at radius 1 is 1.50 bits per heavy atom. The third kappa shape index (κ3) is 4.06. The molecule has 2 rings (SSSR count). The average molecular weight is 296 g/mol. The number of ether oxygens (including phenoxy) is 1. The van der Waals surface area contributed by atoms with E-state index in [1.165, 1.54) is 23.9 Å². The molecule has 1 aromatic heterocycles. The SMILES string of the molecule is CCOCC(O)CSc1nccn1-c1cccc(F)c1. The molecule has 1 heterocycles. The molecule has 0 bridgehead atoms. The molecule has 2 aromatic rings. The van der Waals surface area contributed by atoms with Crippen LogP contribution in [0.1, 0.15) is 6.92 Å². The number of benzene rings is 1. The molecule has 20 heavy (non-hydrogen) atoms. The van der Waals surface area contributed by atoms with Gasteiger partial charge in [0.15, 0.2) is 5.16 Å². The van der Waals surface area contributed by atoms with Crippen molar-refractivity contribution in [3.05, 3.63) is 42.5 Å². The van der Waals surface area contributed by atoms with Crippen LogP contribution in [0.3, 0.4) is 0 Å². The molecular weight excluding hydrogens is 279 g/mol. The highest BCUT2D eigenvalue weighted by Gasteiger charge is 2.10. The molecule has 0 saturated carbocycles. The molecule has 0 saturated heterocycles. The predicted molar refractivity (Wildman–Crippen MR) is 76.7 cm³/mol. The van der Waals surface area contributed by atoms with E-state index in [2.05, 4.69) is 4.98 Å². The molecule has 0 radical (unpaired) electrons. The van der Waals surface area contributed by atoms with Gasteiger partial charge in [0.05, 0.1) is 18.4 Å². The van der Waals surface area contributed by atoms with Crippen molar-refractivity contribution in [2.24, 2.45) is 0 Å². The van der Waals surface area contributed by atoms with Crippen molar-refractivity contribution >= 4 is 11.8 Å². The van der Waals surface area contributed by atoms with E-state index >= 15 is 0 Å². The Hall–Kier alpha value is -1.37. The first-order chi connectivity index (χ1) is 9.70. The summed E-state index contributed by atoms with van der Waals surface area (Å²) in [5.74, 6) is 0.190. The van der Waals surface area contributed by atoms with E-state index in [4.69, 9.17) is 4.74 Å². The topological polar surface area (TPSA) is 47.3 Å². The van der Waals surface area contributed by atoms with Gasteiger partial charge in [0.2, 0.25) is 0 Å². The van der Waals surface area contributed by atoms with Gasteiger partial charge in [0, 0.05) is 24.8 Å². The third-order valence-corrected chi connectivity index (χ3v) is 3.72. The van der Waals surface area contributed by atoms with Crippen LogP contribution in [-0.2, 0) is 4.74 Å².